The number of methoxy groups -OCH3 is 1. The van der Waals surface area contributed by atoms with Crippen LogP contribution in [0.25, 0.3) is 6.08 Å². The van der Waals surface area contributed by atoms with Crippen LogP contribution in [-0.2, 0) is 14.6 Å². The molecule has 0 aromatic heterocycles. The Morgan fingerprint density at radius 3 is 2.44 bits per heavy atom. The molecule has 0 spiro atoms. The van der Waals surface area contributed by atoms with Crippen LogP contribution >= 0.6 is 0 Å². The molecule has 2 rings (SSSR count). The van der Waals surface area contributed by atoms with Crippen molar-refractivity contribution in [3.63, 3.8) is 0 Å². The summed E-state index contributed by atoms with van der Waals surface area (Å²) in [5.74, 6) is -0.315. The number of sulfone groups is 1. The van der Waals surface area contributed by atoms with E-state index in [1.54, 1.807) is 36.4 Å². The quantitative estimate of drug-likeness (QED) is 0.824. The van der Waals surface area contributed by atoms with E-state index >= 15 is 0 Å². The van der Waals surface area contributed by atoms with Gasteiger partial charge in [-0.2, -0.15) is 0 Å². The molecule has 2 aromatic rings. The summed E-state index contributed by atoms with van der Waals surface area (Å²) in [6.07, 6.45) is 3.28. The first-order chi connectivity index (χ1) is 11.9. The Bertz CT molecular complexity index is 845. The summed E-state index contributed by atoms with van der Waals surface area (Å²) in [5, 5.41) is 1.44. The molecule has 5 nitrogen and oxygen atoms in total. The highest BCUT2D eigenvalue weighted by atomic mass is 32.2. The molecule has 0 heterocycles. The number of carbonyl (C=O) groups is 1. The van der Waals surface area contributed by atoms with Crippen molar-refractivity contribution >= 4 is 27.5 Å². The smallest absolute Gasteiger partial charge is 0.242 e. The predicted octanol–water partition coefficient (Wildman–Crippen LogP) is 3.15. The van der Waals surface area contributed by atoms with Crippen molar-refractivity contribution in [3.8, 4) is 5.75 Å². The van der Waals surface area contributed by atoms with Gasteiger partial charge in [0.1, 0.15) is 11.0 Å². The Morgan fingerprint density at radius 1 is 1.12 bits per heavy atom. The van der Waals surface area contributed by atoms with Gasteiger partial charge in [-0.05, 0) is 24.6 Å². The minimum absolute atomic E-state index is 0.206. The Hall–Kier alpha value is -2.60. The molecule has 25 heavy (non-hydrogen) atoms. The number of nitrogens with one attached hydrogen (secondary N) is 1. The normalized spacial score (nSPS) is 12.7. The lowest BCUT2D eigenvalue weighted by Gasteiger charge is -2.14. The van der Waals surface area contributed by atoms with E-state index in [-0.39, 0.29) is 5.75 Å². The van der Waals surface area contributed by atoms with Crippen LogP contribution in [0.1, 0.15) is 12.5 Å². The van der Waals surface area contributed by atoms with Crippen molar-refractivity contribution in [2.45, 2.75) is 12.2 Å². The van der Waals surface area contributed by atoms with Gasteiger partial charge in [0.25, 0.3) is 0 Å². The minimum atomic E-state index is -3.61. The van der Waals surface area contributed by atoms with Crippen LogP contribution < -0.4 is 10.1 Å². The van der Waals surface area contributed by atoms with Crippen molar-refractivity contribution in [2.75, 3.05) is 18.2 Å². The van der Waals surface area contributed by atoms with Crippen LogP contribution in [0.4, 0.5) is 5.69 Å². The van der Waals surface area contributed by atoms with Gasteiger partial charge in [0.2, 0.25) is 5.91 Å². The van der Waals surface area contributed by atoms with Gasteiger partial charge in [-0.3, -0.25) is 4.79 Å². The third kappa shape index (κ3) is 5.19. The molecule has 0 fully saturated rings. The van der Waals surface area contributed by atoms with Crippen molar-refractivity contribution in [3.05, 3.63) is 66.2 Å². The molecule has 0 saturated heterocycles. The number of hydrogen-bond acceptors (Lipinski definition) is 4. The van der Waals surface area contributed by atoms with Crippen LogP contribution in [-0.4, -0.2) is 32.4 Å². The number of ether oxygens (including phenoxy) is 1. The van der Waals surface area contributed by atoms with E-state index in [1.165, 1.54) is 14.0 Å². The number of para-hydroxylation sites is 2. The standard InChI is InChI=1S/C19H21NO4S/c1-15(19(21)20-17-12-6-7-13-18(17)24-2)25(22,23)14-8-11-16-9-4-3-5-10-16/h3-13,15H,14H2,1-2H3,(H,20,21)/b11-8+. The van der Waals surface area contributed by atoms with E-state index in [4.69, 9.17) is 4.74 Å². The molecule has 6 heteroatoms. The minimum Gasteiger partial charge on any atom is -0.495 e. The lowest BCUT2D eigenvalue weighted by Crippen LogP contribution is -2.33. The van der Waals surface area contributed by atoms with E-state index in [9.17, 15) is 13.2 Å². The van der Waals surface area contributed by atoms with Crippen molar-refractivity contribution in [1.29, 1.82) is 0 Å². The number of amides is 1. The molecule has 1 atom stereocenters. The molecule has 0 aliphatic heterocycles. The van der Waals surface area contributed by atoms with Crippen LogP contribution in [0.5, 0.6) is 5.75 Å². The first-order valence-corrected chi connectivity index (χ1v) is 9.52. The highest BCUT2D eigenvalue weighted by Gasteiger charge is 2.27. The van der Waals surface area contributed by atoms with Crippen molar-refractivity contribution < 1.29 is 17.9 Å². The second kappa shape index (κ2) is 8.48. The molecular formula is C19H21NO4S. The third-order valence-corrected chi connectivity index (χ3v) is 5.66. The van der Waals surface area contributed by atoms with Gasteiger partial charge in [0.15, 0.2) is 9.84 Å². The maximum atomic E-state index is 12.4. The number of hydrogen-bond donors (Lipinski definition) is 1. The van der Waals surface area contributed by atoms with Crippen molar-refractivity contribution in [2.24, 2.45) is 0 Å². The van der Waals surface area contributed by atoms with Gasteiger partial charge in [-0.1, -0.05) is 54.6 Å². The second-order valence-corrected chi connectivity index (χ2v) is 7.84. The largest absolute Gasteiger partial charge is 0.495 e. The average molecular weight is 359 g/mol. The molecule has 0 aliphatic carbocycles. The van der Waals surface area contributed by atoms with Crippen LogP contribution in [0.2, 0.25) is 0 Å². The maximum absolute atomic E-state index is 12.4. The Kier molecular flexibility index (Phi) is 6.36. The molecule has 2 aromatic carbocycles. The van der Waals surface area contributed by atoms with E-state index in [0.717, 1.165) is 5.56 Å². The van der Waals surface area contributed by atoms with E-state index < -0.39 is 21.0 Å². The zero-order chi connectivity index (χ0) is 18.3. The summed E-state index contributed by atoms with van der Waals surface area (Å²) in [6, 6.07) is 16.2. The molecular weight excluding hydrogens is 338 g/mol. The molecule has 0 bridgehead atoms. The molecule has 0 radical (unpaired) electrons. The zero-order valence-electron chi connectivity index (χ0n) is 14.2. The van der Waals surface area contributed by atoms with Crippen LogP contribution in [0, 0.1) is 0 Å². The first kappa shape index (κ1) is 18.7. The van der Waals surface area contributed by atoms with Gasteiger partial charge >= 0.3 is 0 Å². The van der Waals surface area contributed by atoms with E-state index in [1.807, 2.05) is 30.3 Å². The van der Waals surface area contributed by atoms with Gasteiger partial charge in [-0.15, -0.1) is 0 Å². The van der Waals surface area contributed by atoms with Crippen LogP contribution in [0.15, 0.2) is 60.7 Å². The molecule has 0 saturated carbocycles. The fraction of sp³-hybridized carbons (Fsp3) is 0.211. The lowest BCUT2D eigenvalue weighted by atomic mass is 10.2. The molecule has 1 unspecified atom stereocenters. The predicted molar refractivity (Wildman–Crippen MR) is 100 cm³/mol. The SMILES string of the molecule is COc1ccccc1NC(=O)C(C)S(=O)(=O)C/C=C/c1ccccc1. The summed E-state index contributed by atoms with van der Waals surface area (Å²) in [5.41, 5.74) is 1.35. The Morgan fingerprint density at radius 2 is 1.76 bits per heavy atom. The summed E-state index contributed by atoms with van der Waals surface area (Å²) in [4.78, 5) is 12.3. The number of anilines is 1. The molecule has 0 aliphatic rings. The first-order valence-electron chi connectivity index (χ1n) is 7.81. The van der Waals surface area contributed by atoms with Gasteiger partial charge in [-0.25, -0.2) is 8.42 Å². The molecule has 132 valence electrons. The lowest BCUT2D eigenvalue weighted by molar-refractivity contribution is -0.115. The zero-order valence-corrected chi connectivity index (χ0v) is 15.0. The topological polar surface area (TPSA) is 72.5 Å². The molecule has 1 N–H and O–H groups in total. The summed E-state index contributed by atoms with van der Waals surface area (Å²) in [7, 11) is -2.12. The second-order valence-electron chi connectivity index (χ2n) is 5.47. The Balaban J connectivity index is 2.03. The molecule has 1 amide bonds. The highest BCUT2D eigenvalue weighted by Crippen LogP contribution is 2.23. The van der Waals surface area contributed by atoms with Gasteiger partial charge in [0.05, 0.1) is 18.6 Å². The van der Waals surface area contributed by atoms with E-state index in [2.05, 4.69) is 5.32 Å². The Labute approximate surface area is 148 Å². The third-order valence-electron chi connectivity index (χ3n) is 3.71. The van der Waals surface area contributed by atoms with Crippen molar-refractivity contribution in [1.82, 2.24) is 0 Å². The monoisotopic (exact) mass is 359 g/mol. The maximum Gasteiger partial charge on any atom is 0.242 e. The van der Waals surface area contributed by atoms with Crippen LogP contribution in [0.3, 0.4) is 0 Å². The van der Waals surface area contributed by atoms with Gasteiger partial charge in [0, 0.05) is 0 Å². The average Bonchev–Trinajstić information content (AvgIpc) is 2.62. The number of rotatable bonds is 7. The summed E-state index contributed by atoms with van der Waals surface area (Å²) >= 11 is 0. The summed E-state index contributed by atoms with van der Waals surface area (Å²) < 4.78 is 29.9. The summed E-state index contributed by atoms with van der Waals surface area (Å²) in [6.45, 7) is 1.39. The highest BCUT2D eigenvalue weighted by molar-refractivity contribution is 7.92. The number of benzene rings is 2. The fourth-order valence-corrected chi connectivity index (χ4v) is 3.21. The fourth-order valence-electron chi connectivity index (χ4n) is 2.17. The van der Waals surface area contributed by atoms with Gasteiger partial charge < -0.3 is 10.1 Å². The van der Waals surface area contributed by atoms with E-state index in [0.29, 0.717) is 11.4 Å². The number of carbonyl (C=O) groups excluding carboxylic acids is 1.